The maximum absolute atomic E-state index is 4.35. The Hall–Kier alpha value is -1.70. The molecule has 4 rings (SSSR count). The molecular weight excluding hydrogens is 244 g/mol. The molecule has 2 aliphatic rings. The van der Waals surface area contributed by atoms with E-state index in [2.05, 4.69) is 47.7 Å². The maximum atomic E-state index is 4.35. The summed E-state index contributed by atoms with van der Waals surface area (Å²) < 4.78 is 0. The van der Waals surface area contributed by atoms with E-state index in [0.29, 0.717) is 0 Å². The first-order valence-electron chi connectivity index (χ1n) is 7.75. The maximum Gasteiger partial charge on any atom is 0.0622 e. The van der Waals surface area contributed by atoms with Crippen LogP contribution in [0.15, 0.2) is 30.8 Å². The topological polar surface area (TPSA) is 19.0 Å². The van der Waals surface area contributed by atoms with Crippen molar-refractivity contribution in [3.05, 3.63) is 42.1 Å². The Kier molecular flexibility index (Phi) is 2.66. The quantitative estimate of drug-likeness (QED) is 0.864. The Labute approximate surface area is 120 Å². The summed E-state index contributed by atoms with van der Waals surface area (Å²) in [5.41, 5.74) is 4.92. The van der Waals surface area contributed by atoms with Gasteiger partial charge in [-0.3, -0.25) is 0 Å². The lowest BCUT2D eigenvalue weighted by atomic mass is 10.0. The van der Waals surface area contributed by atoms with Gasteiger partial charge in [-0.2, -0.15) is 0 Å². The Morgan fingerprint density at radius 1 is 1.25 bits per heavy atom. The van der Waals surface area contributed by atoms with Crippen LogP contribution in [0.5, 0.6) is 0 Å². The predicted octanol–water partition coefficient (Wildman–Crippen LogP) is 4.18. The minimum atomic E-state index is 0.915. The first kappa shape index (κ1) is 12.1. The molecule has 2 unspecified atom stereocenters. The highest BCUT2D eigenvalue weighted by Crippen LogP contribution is 2.40. The highest BCUT2D eigenvalue weighted by molar-refractivity contribution is 5.86. The van der Waals surface area contributed by atoms with E-state index in [1.54, 1.807) is 0 Å². The first-order chi connectivity index (χ1) is 9.72. The fourth-order valence-corrected chi connectivity index (χ4v) is 4.09. The molecular formula is C18H22N2. The number of benzene rings is 1. The largest absolute Gasteiger partial charge is 0.370 e. The van der Waals surface area contributed by atoms with Gasteiger partial charge in [0.05, 0.1) is 11.4 Å². The van der Waals surface area contributed by atoms with E-state index < -0.39 is 0 Å². The summed E-state index contributed by atoms with van der Waals surface area (Å²) in [6.45, 7) is 8.94. The van der Waals surface area contributed by atoms with Crippen LogP contribution in [-0.2, 0) is 0 Å². The molecule has 1 N–H and O–H groups in total. The van der Waals surface area contributed by atoms with Gasteiger partial charge >= 0.3 is 0 Å². The molecule has 2 nitrogen and oxygen atoms in total. The zero-order valence-corrected chi connectivity index (χ0v) is 12.2. The second kappa shape index (κ2) is 4.41. The summed E-state index contributed by atoms with van der Waals surface area (Å²) in [5.74, 6) is 1.83. The molecule has 2 fully saturated rings. The molecule has 1 aromatic heterocycles. The van der Waals surface area contributed by atoms with E-state index in [1.807, 2.05) is 0 Å². The Bertz CT molecular complexity index is 655. The molecule has 0 bridgehead atoms. The van der Waals surface area contributed by atoms with E-state index >= 15 is 0 Å². The molecule has 2 heteroatoms. The van der Waals surface area contributed by atoms with E-state index in [4.69, 9.17) is 0 Å². The first-order valence-corrected chi connectivity index (χ1v) is 7.75. The van der Waals surface area contributed by atoms with Crippen molar-refractivity contribution in [3.8, 4) is 0 Å². The lowest BCUT2D eigenvalue weighted by molar-refractivity contribution is 0.442. The molecule has 1 aliphatic carbocycles. The van der Waals surface area contributed by atoms with Crippen molar-refractivity contribution in [2.24, 2.45) is 11.8 Å². The lowest BCUT2D eigenvalue weighted by Crippen LogP contribution is -2.19. The van der Waals surface area contributed by atoms with Crippen molar-refractivity contribution >= 4 is 16.6 Å². The summed E-state index contributed by atoms with van der Waals surface area (Å²) in [6.07, 6.45) is 4.27. The van der Waals surface area contributed by atoms with Gasteiger partial charge in [-0.05, 0) is 49.3 Å². The number of nitrogens with zero attached hydrogens (tertiary/aromatic N) is 1. The standard InChI is InChI=1S/C18H22N2/c1-12-5-3-8-17-16(12)9-18(19-17)13(2)20-10-14-6-4-7-15(14)11-20/h3,5,8-9,14-15,19H,2,4,6-7,10-11H2,1H3. The van der Waals surface area contributed by atoms with Crippen LogP contribution in [0, 0.1) is 18.8 Å². The molecule has 1 aliphatic heterocycles. The zero-order valence-electron chi connectivity index (χ0n) is 12.2. The number of hydrogen-bond donors (Lipinski definition) is 1. The summed E-state index contributed by atoms with van der Waals surface area (Å²) in [7, 11) is 0. The average molecular weight is 266 g/mol. The second-order valence-corrected chi connectivity index (χ2v) is 6.52. The smallest absolute Gasteiger partial charge is 0.0622 e. The average Bonchev–Trinajstić information content (AvgIpc) is 3.11. The molecule has 2 atom stereocenters. The van der Waals surface area contributed by atoms with Crippen molar-refractivity contribution < 1.29 is 0 Å². The summed E-state index contributed by atoms with van der Waals surface area (Å²) in [6, 6.07) is 8.70. The van der Waals surface area contributed by atoms with Crippen LogP contribution >= 0.6 is 0 Å². The number of aryl methyl sites for hydroxylation is 1. The molecule has 2 heterocycles. The minimum absolute atomic E-state index is 0.915. The predicted molar refractivity (Wildman–Crippen MR) is 84.5 cm³/mol. The Balaban J connectivity index is 1.63. The van der Waals surface area contributed by atoms with Gasteiger partial charge in [-0.25, -0.2) is 0 Å². The van der Waals surface area contributed by atoms with Gasteiger partial charge in [-0.1, -0.05) is 25.1 Å². The SMILES string of the molecule is C=C(c1cc2c(C)cccc2[nH]1)N1CC2CCCC2C1. The van der Waals surface area contributed by atoms with Gasteiger partial charge in [0.2, 0.25) is 0 Å². The molecule has 1 aromatic carbocycles. The molecule has 1 saturated carbocycles. The third-order valence-electron chi connectivity index (χ3n) is 5.30. The van der Waals surface area contributed by atoms with E-state index in [0.717, 1.165) is 11.8 Å². The van der Waals surface area contributed by atoms with Crippen LogP contribution < -0.4 is 0 Å². The number of aromatic amines is 1. The number of fused-ring (bicyclic) bond motifs is 2. The van der Waals surface area contributed by atoms with Crippen molar-refractivity contribution in [3.63, 3.8) is 0 Å². The van der Waals surface area contributed by atoms with Crippen molar-refractivity contribution in [1.82, 2.24) is 9.88 Å². The molecule has 104 valence electrons. The highest BCUT2D eigenvalue weighted by Gasteiger charge is 2.36. The second-order valence-electron chi connectivity index (χ2n) is 6.52. The van der Waals surface area contributed by atoms with Crippen LogP contribution in [0.4, 0.5) is 0 Å². The third kappa shape index (κ3) is 1.78. The van der Waals surface area contributed by atoms with Gasteiger partial charge in [0.25, 0.3) is 0 Å². The molecule has 20 heavy (non-hydrogen) atoms. The Morgan fingerprint density at radius 2 is 2.00 bits per heavy atom. The van der Waals surface area contributed by atoms with Gasteiger partial charge in [0, 0.05) is 24.0 Å². The van der Waals surface area contributed by atoms with Crippen molar-refractivity contribution in [2.75, 3.05) is 13.1 Å². The molecule has 1 saturated heterocycles. The van der Waals surface area contributed by atoms with Crippen LogP contribution in [0.2, 0.25) is 0 Å². The number of aromatic nitrogens is 1. The zero-order chi connectivity index (χ0) is 13.7. The van der Waals surface area contributed by atoms with Crippen LogP contribution in [0.25, 0.3) is 16.6 Å². The van der Waals surface area contributed by atoms with Crippen LogP contribution in [0.1, 0.15) is 30.5 Å². The molecule has 2 aromatic rings. The highest BCUT2D eigenvalue weighted by atomic mass is 15.2. The van der Waals surface area contributed by atoms with Crippen molar-refractivity contribution in [2.45, 2.75) is 26.2 Å². The monoisotopic (exact) mass is 266 g/mol. The van der Waals surface area contributed by atoms with E-state index in [-0.39, 0.29) is 0 Å². The van der Waals surface area contributed by atoms with E-state index in [9.17, 15) is 0 Å². The van der Waals surface area contributed by atoms with Crippen LogP contribution in [-0.4, -0.2) is 23.0 Å². The molecule has 0 amide bonds. The number of likely N-dealkylation sites (tertiary alicyclic amines) is 1. The number of rotatable bonds is 2. The summed E-state index contributed by atoms with van der Waals surface area (Å²) in [4.78, 5) is 6.03. The minimum Gasteiger partial charge on any atom is -0.370 e. The van der Waals surface area contributed by atoms with Gasteiger partial charge in [-0.15, -0.1) is 0 Å². The fourth-order valence-electron chi connectivity index (χ4n) is 4.09. The lowest BCUT2D eigenvalue weighted by Gasteiger charge is -2.21. The fraction of sp³-hybridized carbons (Fsp3) is 0.444. The molecule has 0 radical (unpaired) electrons. The number of hydrogen-bond acceptors (Lipinski definition) is 1. The molecule has 0 spiro atoms. The van der Waals surface area contributed by atoms with Crippen LogP contribution in [0.3, 0.4) is 0 Å². The Morgan fingerprint density at radius 3 is 2.70 bits per heavy atom. The van der Waals surface area contributed by atoms with E-state index in [1.165, 1.54) is 60.2 Å². The van der Waals surface area contributed by atoms with Gasteiger partial charge in [0.1, 0.15) is 0 Å². The van der Waals surface area contributed by atoms with Gasteiger partial charge in [0.15, 0.2) is 0 Å². The third-order valence-corrected chi connectivity index (χ3v) is 5.30. The van der Waals surface area contributed by atoms with Crippen molar-refractivity contribution in [1.29, 1.82) is 0 Å². The number of nitrogens with one attached hydrogen (secondary N) is 1. The summed E-state index contributed by atoms with van der Waals surface area (Å²) >= 11 is 0. The number of H-pyrrole nitrogens is 1. The van der Waals surface area contributed by atoms with Gasteiger partial charge < -0.3 is 9.88 Å². The normalized spacial score (nSPS) is 25.4. The summed E-state index contributed by atoms with van der Waals surface area (Å²) in [5, 5.41) is 1.32.